The van der Waals surface area contributed by atoms with Gasteiger partial charge in [-0.25, -0.2) is 4.79 Å². The third-order valence-corrected chi connectivity index (χ3v) is 2.24. The second kappa shape index (κ2) is 5.97. The van der Waals surface area contributed by atoms with Crippen LogP contribution in [0, 0.1) is 0 Å². The number of aliphatic hydroxyl groups is 1. The number of aliphatic carboxylic acids is 1. The molecule has 2 atom stereocenters. The minimum Gasteiger partial charge on any atom is -0.480 e. The van der Waals surface area contributed by atoms with Gasteiger partial charge in [0, 0.05) is 0 Å². The van der Waals surface area contributed by atoms with E-state index >= 15 is 0 Å². The van der Waals surface area contributed by atoms with Gasteiger partial charge < -0.3 is 21.3 Å². The van der Waals surface area contributed by atoms with E-state index in [1.54, 1.807) is 30.3 Å². The van der Waals surface area contributed by atoms with Crippen LogP contribution in [0.2, 0.25) is 0 Å². The predicted molar refractivity (Wildman–Crippen MR) is 60.0 cm³/mol. The molecule has 0 saturated heterocycles. The molecule has 0 saturated carbocycles. The summed E-state index contributed by atoms with van der Waals surface area (Å²) in [6, 6.07) is 6.27. The normalized spacial score (nSPS) is 13.8. The molecule has 1 unspecified atom stereocenters. The fraction of sp³-hybridized carbons (Fsp3) is 0.273. The Labute approximate surface area is 98.1 Å². The fourth-order valence-corrected chi connectivity index (χ4v) is 1.26. The van der Waals surface area contributed by atoms with Gasteiger partial charge in [-0.1, -0.05) is 30.3 Å². The molecule has 0 heterocycles. The molecule has 0 radical (unpaired) electrons. The minimum atomic E-state index is -1.34. The van der Waals surface area contributed by atoms with Crippen molar-refractivity contribution in [1.29, 1.82) is 0 Å². The fourth-order valence-electron chi connectivity index (χ4n) is 1.26. The van der Waals surface area contributed by atoms with Crippen LogP contribution in [0.1, 0.15) is 11.6 Å². The topological polar surface area (TPSA) is 113 Å². The van der Waals surface area contributed by atoms with Gasteiger partial charge in [-0.2, -0.15) is 0 Å². The van der Waals surface area contributed by atoms with E-state index in [1.807, 2.05) is 0 Å². The molecule has 1 aromatic rings. The van der Waals surface area contributed by atoms with E-state index in [4.69, 9.17) is 15.9 Å². The van der Waals surface area contributed by atoms with Gasteiger partial charge in [0.2, 0.25) is 5.91 Å². The Morgan fingerprint density at radius 2 is 1.88 bits per heavy atom. The smallest absolute Gasteiger partial charge is 0.328 e. The van der Waals surface area contributed by atoms with Crippen LogP contribution < -0.4 is 11.1 Å². The van der Waals surface area contributed by atoms with Gasteiger partial charge in [0.1, 0.15) is 12.1 Å². The van der Waals surface area contributed by atoms with E-state index in [-0.39, 0.29) is 0 Å². The predicted octanol–water partition coefficient (Wildman–Crippen LogP) is -0.752. The van der Waals surface area contributed by atoms with E-state index in [0.717, 1.165) is 0 Å². The molecule has 0 bridgehead atoms. The minimum absolute atomic E-state index is 0.576. The first kappa shape index (κ1) is 13.1. The molecule has 6 nitrogen and oxygen atoms in total. The molecule has 1 aromatic carbocycles. The second-order valence-corrected chi connectivity index (χ2v) is 3.47. The highest BCUT2D eigenvalue weighted by atomic mass is 16.4. The van der Waals surface area contributed by atoms with Gasteiger partial charge in [-0.3, -0.25) is 4.79 Å². The monoisotopic (exact) mass is 238 g/mol. The van der Waals surface area contributed by atoms with E-state index < -0.39 is 30.6 Å². The SMILES string of the molecule is N[C@H](C(=O)NC(CO)C(=O)O)c1ccccc1. The molecule has 0 aliphatic carbocycles. The first-order valence-electron chi connectivity index (χ1n) is 5.01. The van der Waals surface area contributed by atoms with Crippen LogP contribution in [0.15, 0.2) is 30.3 Å². The zero-order chi connectivity index (χ0) is 12.8. The Bertz CT molecular complexity index is 394. The number of nitrogens with two attached hydrogens (primary N) is 1. The molecule has 6 heteroatoms. The molecule has 0 aliphatic rings. The molecule has 1 amide bonds. The number of nitrogens with one attached hydrogen (secondary N) is 1. The highest BCUT2D eigenvalue weighted by Crippen LogP contribution is 2.09. The van der Waals surface area contributed by atoms with Crippen molar-refractivity contribution in [2.45, 2.75) is 12.1 Å². The quantitative estimate of drug-likeness (QED) is 0.539. The Morgan fingerprint density at radius 1 is 1.29 bits per heavy atom. The molecule has 5 N–H and O–H groups in total. The summed E-state index contributed by atoms with van der Waals surface area (Å²) in [5.74, 6) is -1.95. The van der Waals surface area contributed by atoms with Gasteiger partial charge in [0.15, 0.2) is 0 Å². The Kier molecular flexibility index (Phi) is 4.62. The van der Waals surface area contributed by atoms with Gasteiger partial charge in [-0.05, 0) is 5.56 Å². The number of carbonyl (C=O) groups is 2. The number of amides is 1. The molecular weight excluding hydrogens is 224 g/mol. The average molecular weight is 238 g/mol. The van der Waals surface area contributed by atoms with Crippen LogP contribution in [0.4, 0.5) is 0 Å². The van der Waals surface area contributed by atoms with Crippen molar-refractivity contribution in [3.8, 4) is 0 Å². The number of carboxylic acid groups (broad SMARTS) is 1. The Hall–Kier alpha value is -1.92. The maximum atomic E-state index is 11.6. The van der Waals surface area contributed by atoms with Crippen LogP contribution in [0.5, 0.6) is 0 Å². The number of carbonyl (C=O) groups excluding carboxylic acids is 1. The third kappa shape index (κ3) is 3.54. The van der Waals surface area contributed by atoms with Gasteiger partial charge in [-0.15, -0.1) is 0 Å². The zero-order valence-electron chi connectivity index (χ0n) is 9.04. The highest BCUT2D eigenvalue weighted by molar-refractivity contribution is 5.87. The molecule has 0 aromatic heterocycles. The van der Waals surface area contributed by atoms with Gasteiger partial charge >= 0.3 is 5.97 Å². The number of hydrogen-bond donors (Lipinski definition) is 4. The second-order valence-electron chi connectivity index (χ2n) is 3.47. The first-order chi connectivity index (χ1) is 8.06. The Morgan fingerprint density at radius 3 is 2.35 bits per heavy atom. The molecule has 92 valence electrons. The molecule has 17 heavy (non-hydrogen) atoms. The van der Waals surface area contributed by atoms with Crippen molar-refractivity contribution in [3.63, 3.8) is 0 Å². The van der Waals surface area contributed by atoms with E-state index in [2.05, 4.69) is 5.32 Å². The molecule has 0 aliphatic heterocycles. The van der Waals surface area contributed by atoms with Crippen molar-refractivity contribution >= 4 is 11.9 Å². The van der Waals surface area contributed by atoms with Crippen molar-refractivity contribution in [3.05, 3.63) is 35.9 Å². The maximum absolute atomic E-state index is 11.6. The average Bonchev–Trinajstić information content (AvgIpc) is 2.35. The van der Waals surface area contributed by atoms with Crippen molar-refractivity contribution < 1.29 is 19.8 Å². The summed E-state index contributed by atoms with van der Waals surface area (Å²) in [5.41, 5.74) is 6.23. The van der Waals surface area contributed by atoms with Crippen LogP contribution in [0.3, 0.4) is 0 Å². The summed E-state index contributed by atoms with van der Waals surface area (Å²) in [6.07, 6.45) is 0. The van der Waals surface area contributed by atoms with Crippen molar-refractivity contribution in [2.75, 3.05) is 6.61 Å². The van der Waals surface area contributed by atoms with E-state index in [0.29, 0.717) is 5.56 Å². The molecule has 0 fully saturated rings. The maximum Gasteiger partial charge on any atom is 0.328 e. The summed E-state index contributed by atoms with van der Waals surface area (Å²) in [5, 5.41) is 19.6. The zero-order valence-corrected chi connectivity index (χ0v) is 9.04. The van der Waals surface area contributed by atoms with Crippen LogP contribution in [-0.2, 0) is 9.59 Å². The number of carboxylic acids is 1. The van der Waals surface area contributed by atoms with Crippen LogP contribution in [-0.4, -0.2) is 34.7 Å². The lowest BCUT2D eigenvalue weighted by atomic mass is 10.1. The molecular formula is C11H14N2O4. The summed E-state index contributed by atoms with van der Waals surface area (Å²) in [4.78, 5) is 22.2. The summed E-state index contributed by atoms with van der Waals surface area (Å²) in [7, 11) is 0. The van der Waals surface area contributed by atoms with E-state index in [9.17, 15) is 9.59 Å². The molecule has 1 rings (SSSR count). The third-order valence-electron chi connectivity index (χ3n) is 2.24. The van der Waals surface area contributed by atoms with Crippen LogP contribution in [0.25, 0.3) is 0 Å². The lowest BCUT2D eigenvalue weighted by molar-refractivity contribution is -0.143. The summed E-state index contributed by atoms with van der Waals surface area (Å²) in [6.45, 7) is -0.678. The lowest BCUT2D eigenvalue weighted by Gasteiger charge is -2.16. The first-order valence-corrected chi connectivity index (χ1v) is 5.01. The van der Waals surface area contributed by atoms with Gasteiger partial charge in [0.25, 0.3) is 0 Å². The summed E-state index contributed by atoms with van der Waals surface area (Å²) < 4.78 is 0. The number of hydrogen-bond acceptors (Lipinski definition) is 4. The standard InChI is InChI=1S/C11H14N2O4/c12-9(7-4-2-1-3-5-7)10(15)13-8(6-14)11(16)17/h1-5,8-9,14H,6,12H2,(H,13,15)(H,16,17)/t8?,9-/m0/s1. The van der Waals surface area contributed by atoms with Crippen LogP contribution >= 0.6 is 0 Å². The highest BCUT2D eigenvalue weighted by Gasteiger charge is 2.23. The number of benzene rings is 1. The summed E-state index contributed by atoms with van der Waals surface area (Å²) >= 11 is 0. The largest absolute Gasteiger partial charge is 0.480 e. The van der Waals surface area contributed by atoms with E-state index in [1.165, 1.54) is 0 Å². The molecule has 0 spiro atoms. The van der Waals surface area contributed by atoms with Crippen molar-refractivity contribution in [1.82, 2.24) is 5.32 Å². The number of aliphatic hydroxyl groups excluding tert-OH is 1. The Balaban J connectivity index is 2.68. The lowest BCUT2D eigenvalue weighted by Crippen LogP contribution is -2.46. The van der Waals surface area contributed by atoms with Crippen molar-refractivity contribution in [2.24, 2.45) is 5.73 Å². The number of rotatable bonds is 5. The van der Waals surface area contributed by atoms with Gasteiger partial charge in [0.05, 0.1) is 6.61 Å².